The van der Waals surface area contributed by atoms with Gasteiger partial charge in [-0.15, -0.1) is 0 Å². The largest absolute Gasteiger partial charge is 0.365 e. The SMILES string of the molecule is CC(Cc1ccc(F)cc1)Nc1nccnc1Cl. The first-order valence-corrected chi connectivity index (χ1v) is 6.00. The van der Waals surface area contributed by atoms with E-state index in [-0.39, 0.29) is 11.9 Å². The van der Waals surface area contributed by atoms with Crippen molar-refractivity contribution in [3.63, 3.8) is 0 Å². The Morgan fingerprint density at radius 2 is 1.89 bits per heavy atom. The fourth-order valence-electron chi connectivity index (χ4n) is 1.68. The van der Waals surface area contributed by atoms with E-state index in [2.05, 4.69) is 15.3 Å². The van der Waals surface area contributed by atoms with E-state index in [4.69, 9.17) is 11.6 Å². The molecule has 0 saturated heterocycles. The van der Waals surface area contributed by atoms with E-state index in [1.165, 1.54) is 18.3 Å². The van der Waals surface area contributed by atoms with Crippen LogP contribution in [0.4, 0.5) is 10.2 Å². The number of benzene rings is 1. The van der Waals surface area contributed by atoms with Gasteiger partial charge in [0.1, 0.15) is 5.82 Å². The minimum atomic E-state index is -0.226. The lowest BCUT2D eigenvalue weighted by Gasteiger charge is -2.14. The van der Waals surface area contributed by atoms with Crippen LogP contribution in [0.1, 0.15) is 12.5 Å². The first-order valence-electron chi connectivity index (χ1n) is 5.62. The third kappa shape index (κ3) is 3.40. The van der Waals surface area contributed by atoms with Gasteiger partial charge in [-0.2, -0.15) is 0 Å². The molecule has 0 aliphatic carbocycles. The highest BCUT2D eigenvalue weighted by molar-refractivity contribution is 6.31. The Morgan fingerprint density at radius 1 is 1.22 bits per heavy atom. The van der Waals surface area contributed by atoms with Crippen molar-refractivity contribution in [1.82, 2.24) is 9.97 Å². The zero-order valence-electron chi connectivity index (χ0n) is 9.90. The number of halogens is 2. The lowest BCUT2D eigenvalue weighted by molar-refractivity contribution is 0.626. The molecule has 1 atom stereocenters. The Kier molecular flexibility index (Phi) is 4.10. The Hall–Kier alpha value is -1.68. The second kappa shape index (κ2) is 5.78. The summed E-state index contributed by atoms with van der Waals surface area (Å²) in [4.78, 5) is 8.05. The normalized spacial score (nSPS) is 12.2. The highest BCUT2D eigenvalue weighted by Gasteiger charge is 2.07. The van der Waals surface area contributed by atoms with Gasteiger partial charge in [-0.1, -0.05) is 23.7 Å². The van der Waals surface area contributed by atoms with Gasteiger partial charge in [0, 0.05) is 18.4 Å². The number of nitrogens with zero attached hydrogens (tertiary/aromatic N) is 2. The lowest BCUT2D eigenvalue weighted by atomic mass is 10.1. The molecule has 0 radical (unpaired) electrons. The highest BCUT2D eigenvalue weighted by atomic mass is 35.5. The van der Waals surface area contributed by atoms with Gasteiger partial charge in [0.05, 0.1) is 0 Å². The third-order valence-corrected chi connectivity index (χ3v) is 2.77. The summed E-state index contributed by atoms with van der Waals surface area (Å²) in [6, 6.07) is 6.58. The van der Waals surface area contributed by atoms with Crippen LogP contribution in [0.25, 0.3) is 0 Å². The number of aromatic nitrogens is 2. The Bertz CT molecular complexity index is 516. The van der Waals surface area contributed by atoms with Crippen LogP contribution in [-0.4, -0.2) is 16.0 Å². The molecule has 1 heterocycles. The molecular weight excluding hydrogens is 253 g/mol. The molecule has 1 aromatic heterocycles. The Labute approximate surface area is 110 Å². The molecule has 3 nitrogen and oxygen atoms in total. The molecule has 1 N–H and O–H groups in total. The van der Waals surface area contributed by atoms with Gasteiger partial charge in [0.15, 0.2) is 11.0 Å². The summed E-state index contributed by atoms with van der Waals surface area (Å²) < 4.78 is 12.8. The molecule has 1 unspecified atom stereocenters. The van der Waals surface area contributed by atoms with E-state index in [1.54, 1.807) is 18.3 Å². The molecule has 2 rings (SSSR count). The zero-order chi connectivity index (χ0) is 13.0. The van der Waals surface area contributed by atoms with Gasteiger partial charge in [0.2, 0.25) is 0 Å². The quantitative estimate of drug-likeness (QED) is 0.922. The predicted octanol–water partition coefficient (Wildman–Crippen LogP) is 3.31. The van der Waals surface area contributed by atoms with Crippen LogP contribution in [0.2, 0.25) is 5.15 Å². The molecule has 18 heavy (non-hydrogen) atoms. The van der Waals surface area contributed by atoms with Crippen molar-refractivity contribution in [2.45, 2.75) is 19.4 Å². The van der Waals surface area contributed by atoms with Crippen LogP contribution in [-0.2, 0) is 6.42 Å². The van der Waals surface area contributed by atoms with Crippen molar-refractivity contribution in [3.05, 3.63) is 53.2 Å². The van der Waals surface area contributed by atoms with Crippen molar-refractivity contribution in [1.29, 1.82) is 0 Å². The Morgan fingerprint density at radius 3 is 2.56 bits per heavy atom. The molecule has 1 aromatic carbocycles. The summed E-state index contributed by atoms with van der Waals surface area (Å²) in [7, 11) is 0. The van der Waals surface area contributed by atoms with Gasteiger partial charge >= 0.3 is 0 Å². The van der Waals surface area contributed by atoms with Crippen molar-refractivity contribution in [2.75, 3.05) is 5.32 Å². The first-order chi connectivity index (χ1) is 8.65. The maximum absolute atomic E-state index is 12.8. The first kappa shape index (κ1) is 12.8. The summed E-state index contributed by atoms with van der Waals surface area (Å²) in [5.41, 5.74) is 1.05. The third-order valence-electron chi connectivity index (χ3n) is 2.49. The summed E-state index contributed by atoms with van der Waals surface area (Å²) >= 11 is 5.91. The van der Waals surface area contributed by atoms with Crippen LogP contribution < -0.4 is 5.32 Å². The summed E-state index contributed by atoms with van der Waals surface area (Å²) in [5.74, 6) is 0.338. The molecule has 0 aliphatic rings. The van der Waals surface area contributed by atoms with Crippen LogP contribution in [0.5, 0.6) is 0 Å². The van der Waals surface area contributed by atoms with Gasteiger partial charge in [-0.05, 0) is 31.0 Å². The highest BCUT2D eigenvalue weighted by Crippen LogP contribution is 2.16. The van der Waals surface area contributed by atoms with Crippen LogP contribution >= 0.6 is 11.6 Å². The van der Waals surface area contributed by atoms with Gasteiger partial charge in [-0.3, -0.25) is 0 Å². The number of rotatable bonds is 4. The van der Waals surface area contributed by atoms with Crippen molar-refractivity contribution in [3.8, 4) is 0 Å². The zero-order valence-corrected chi connectivity index (χ0v) is 10.7. The average molecular weight is 266 g/mol. The van der Waals surface area contributed by atoms with Gasteiger partial charge < -0.3 is 5.32 Å². The van der Waals surface area contributed by atoms with E-state index < -0.39 is 0 Å². The molecule has 94 valence electrons. The van der Waals surface area contributed by atoms with Crippen LogP contribution in [0, 0.1) is 5.82 Å². The van der Waals surface area contributed by atoms with E-state index in [0.29, 0.717) is 11.0 Å². The van der Waals surface area contributed by atoms with Gasteiger partial charge in [0.25, 0.3) is 0 Å². The van der Waals surface area contributed by atoms with Crippen molar-refractivity contribution < 1.29 is 4.39 Å². The molecule has 0 bridgehead atoms. The second-order valence-corrected chi connectivity index (χ2v) is 4.43. The predicted molar refractivity (Wildman–Crippen MR) is 70.2 cm³/mol. The van der Waals surface area contributed by atoms with Crippen LogP contribution in [0.3, 0.4) is 0 Å². The molecule has 0 amide bonds. The smallest absolute Gasteiger partial charge is 0.171 e. The minimum Gasteiger partial charge on any atom is -0.365 e. The van der Waals surface area contributed by atoms with E-state index in [0.717, 1.165) is 12.0 Å². The van der Waals surface area contributed by atoms with Crippen molar-refractivity contribution >= 4 is 17.4 Å². The summed E-state index contributed by atoms with van der Waals surface area (Å²) in [6.45, 7) is 2.01. The molecular formula is C13H13ClFN3. The number of anilines is 1. The lowest BCUT2D eigenvalue weighted by Crippen LogP contribution is -2.19. The molecule has 5 heteroatoms. The van der Waals surface area contributed by atoms with Crippen LogP contribution in [0.15, 0.2) is 36.7 Å². The minimum absolute atomic E-state index is 0.129. The second-order valence-electron chi connectivity index (χ2n) is 4.07. The molecule has 0 spiro atoms. The number of hydrogen-bond donors (Lipinski definition) is 1. The summed E-state index contributed by atoms with van der Waals surface area (Å²) in [5, 5.41) is 3.52. The fourth-order valence-corrected chi connectivity index (χ4v) is 1.84. The maximum Gasteiger partial charge on any atom is 0.171 e. The number of hydrogen-bond acceptors (Lipinski definition) is 3. The fraction of sp³-hybridized carbons (Fsp3) is 0.231. The monoisotopic (exact) mass is 265 g/mol. The molecule has 2 aromatic rings. The summed E-state index contributed by atoms with van der Waals surface area (Å²) in [6.07, 6.45) is 3.88. The molecule has 0 saturated carbocycles. The van der Waals surface area contributed by atoms with E-state index >= 15 is 0 Å². The standard InChI is InChI=1S/C13H13ClFN3/c1-9(8-10-2-4-11(15)5-3-10)18-13-12(14)16-6-7-17-13/h2-7,9H,8H2,1H3,(H,17,18). The molecule has 0 fully saturated rings. The van der Waals surface area contributed by atoms with E-state index in [9.17, 15) is 4.39 Å². The maximum atomic E-state index is 12.8. The molecule has 0 aliphatic heterocycles. The average Bonchev–Trinajstić information content (AvgIpc) is 2.35. The number of nitrogens with one attached hydrogen (secondary N) is 1. The van der Waals surface area contributed by atoms with E-state index in [1.807, 2.05) is 6.92 Å². The topological polar surface area (TPSA) is 37.8 Å². The van der Waals surface area contributed by atoms with Gasteiger partial charge in [-0.25, -0.2) is 14.4 Å². The Balaban J connectivity index is 1.99. The van der Waals surface area contributed by atoms with Crippen molar-refractivity contribution in [2.24, 2.45) is 0 Å².